The summed E-state index contributed by atoms with van der Waals surface area (Å²) >= 11 is 0. The molecular formula is C34H43N3O4. The van der Waals surface area contributed by atoms with Gasteiger partial charge in [-0.3, -0.25) is 9.80 Å². The number of hydrogen-bond acceptors (Lipinski definition) is 6. The maximum absolute atomic E-state index is 12.9. The Morgan fingerprint density at radius 1 is 1.10 bits per heavy atom. The van der Waals surface area contributed by atoms with E-state index in [0.717, 1.165) is 80.2 Å². The average molecular weight is 558 g/mol. The van der Waals surface area contributed by atoms with Gasteiger partial charge in [0.25, 0.3) is 5.91 Å². The van der Waals surface area contributed by atoms with Crippen LogP contribution in [-0.4, -0.2) is 48.5 Å². The van der Waals surface area contributed by atoms with E-state index in [-0.39, 0.29) is 22.3 Å². The van der Waals surface area contributed by atoms with Gasteiger partial charge in [0.1, 0.15) is 23.7 Å². The van der Waals surface area contributed by atoms with Gasteiger partial charge < -0.3 is 19.5 Å². The second-order valence-corrected chi connectivity index (χ2v) is 13.6. The zero-order chi connectivity index (χ0) is 28.4. The van der Waals surface area contributed by atoms with E-state index in [2.05, 4.69) is 50.2 Å². The first-order chi connectivity index (χ1) is 19.7. The maximum atomic E-state index is 12.9. The van der Waals surface area contributed by atoms with Crippen molar-refractivity contribution in [2.24, 2.45) is 27.8 Å². The number of ether oxygens (including phenoxy) is 3. The van der Waals surface area contributed by atoms with E-state index in [1.807, 2.05) is 24.3 Å². The molecule has 2 aromatic carbocycles. The predicted molar refractivity (Wildman–Crippen MR) is 158 cm³/mol. The van der Waals surface area contributed by atoms with Crippen LogP contribution in [0.4, 0.5) is 0 Å². The Labute approximate surface area is 243 Å². The molecule has 5 aliphatic rings. The standard InChI is InChI=1S/C34H43N3O4/c1-22-10-11-28-32(2,3)29(36-37-14-16-39-17-15-37)12-13-34(28)33(22,4)19-25-27(40-21-23-8-6-5-7-9-23)18-24-26(30(25)41-34)20-35-31(24)38/h5-9,18,22,28H,10-17,19-21H2,1-4H3,(H,35,38)/t22-,28-,33+,34-/m0/s1. The summed E-state index contributed by atoms with van der Waals surface area (Å²) in [6, 6.07) is 12.2. The maximum Gasteiger partial charge on any atom is 0.252 e. The second-order valence-electron chi connectivity index (χ2n) is 13.6. The Morgan fingerprint density at radius 2 is 1.88 bits per heavy atom. The van der Waals surface area contributed by atoms with Crippen molar-refractivity contribution in [1.29, 1.82) is 0 Å². The van der Waals surface area contributed by atoms with Gasteiger partial charge in [0.15, 0.2) is 0 Å². The first-order valence-corrected chi connectivity index (χ1v) is 15.5. The summed E-state index contributed by atoms with van der Waals surface area (Å²) in [5.41, 5.74) is 4.72. The normalized spacial score (nSPS) is 32.7. The van der Waals surface area contributed by atoms with Crippen LogP contribution >= 0.6 is 0 Å². The van der Waals surface area contributed by atoms with Gasteiger partial charge >= 0.3 is 0 Å². The van der Waals surface area contributed by atoms with E-state index in [1.54, 1.807) is 0 Å². The van der Waals surface area contributed by atoms with Gasteiger partial charge in [-0.25, -0.2) is 0 Å². The number of carbonyl (C=O) groups excluding carboxylic acids is 1. The van der Waals surface area contributed by atoms with Crippen LogP contribution in [0, 0.1) is 22.7 Å². The van der Waals surface area contributed by atoms with Crippen LogP contribution in [-0.2, 0) is 24.3 Å². The summed E-state index contributed by atoms with van der Waals surface area (Å²) < 4.78 is 19.6. The van der Waals surface area contributed by atoms with Gasteiger partial charge in [0.2, 0.25) is 0 Å². The molecule has 7 nitrogen and oxygen atoms in total. The fraction of sp³-hybridized carbons (Fsp3) is 0.588. The Morgan fingerprint density at radius 3 is 2.66 bits per heavy atom. The summed E-state index contributed by atoms with van der Waals surface area (Å²) in [6.07, 6.45) is 5.03. The molecule has 1 N–H and O–H groups in total. The van der Waals surface area contributed by atoms with Gasteiger partial charge in [0, 0.05) is 40.1 Å². The third kappa shape index (κ3) is 4.10. The average Bonchev–Trinajstić information content (AvgIpc) is 3.34. The molecule has 4 atom stereocenters. The van der Waals surface area contributed by atoms with Crippen molar-refractivity contribution < 1.29 is 19.0 Å². The van der Waals surface area contributed by atoms with Crippen LogP contribution in [0.25, 0.3) is 0 Å². The number of hydrogen-bond donors (Lipinski definition) is 1. The highest BCUT2D eigenvalue weighted by Crippen LogP contribution is 2.66. The molecule has 1 saturated heterocycles. The van der Waals surface area contributed by atoms with Crippen LogP contribution in [0.1, 0.15) is 80.4 Å². The van der Waals surface area contributed by atoms with Crippen LogP contribution in [0.3, 0.4) is 0 Å². The van der Waals surface area contributed by atoms with E-state index < -0.39 is 0 Å². The molecule has 3 heterocycles. The minimum Gasteiger partial charge on any atom is -0.488 e. The SMILES string of the molecule is C[C@H]1CC[C@H]2C(C)(C)C(=NN3CCOCC3)CC[C@]23Oc2c(c(OCc4ccccc4)cc4c2CNC4=O)C[C@]13C. The number of carbonyl (C=O) groups is 1. The van der Waals surface area contributed by atoms with Crippen LogP contribution in [0.5, 0.6) is 11.5 Å². The first-order valence-electron chi connectivity index (χ1n) is 15.5. The van der Waals surface area contributed by atoms with E-state index in [4.69, 9.17) is 19.3 Å². The number of rotatable bonds is 4. The van der Waals surface area contributed by atoms with Gasteiger partial charge in [-0.2, -0.15) is 5.10 Å². The number of amides is 1. The molecule has 3 aliphatic heterocycles. The molecule has 41 heavy (non-hydrogen) atoms. The molecule has 2 saturated carbocycles. The molecule has 2 aromatic rings. The number of nitrogens with one attached hydrogen (secondary N) is 1. The lowest BCUT2D eigenvalue weighted by Gasteiger charge is -2.66. The lowest BCUT2D eigenvalue weighted by Crippen LogP contribution is -2.70. The Kier molecular flexibility index (Phi) is 6.38. The van der Waals surface area contributed by atoms with E-state index >= 15 is 0 Å². The molecule has 1 amide bonds. The summed E-state index contributed by atoms with van der Waals surface area (Å²) in [5.74, 6) is 2.46. The molecule has 1 spiro atoms. The van der Waals surface area contributed by atoms with E-state index in [9.17, 15) is 4.79 Å². The van der Waals surface area contributed by atoms with E-state index in [1.165, 1.54) is 12.1 Å². The predicted octanol–water partition coefficient (Wildman–Crippen LogP) is 5.74. The summed E-state index contributed by atoms with van der Waals surface area (Å²) in [7, 11) is 0. The lowest BCUT2D eigenvalue weighted by molar-refractivity contribution is -0.191. The molecule has 7 rings (SSSR count). The summed E-state index contributed by atoms with van der Waals surface area (Å²) in [5, 5.41) is 10.5. The Balaban J connectivity index is 1.31. The number of morpholine rings is 1. The topological polar surface area (TPSA) is 72.4 Å². The van der Waals surface area contributed by atoms with Gasteiger partial charge in [-0.15, -0.1) is 0 Å². The molecule has 0 unspecified atom stereocenters. The van der Waals surface area contributed by atoms with Crippen molar-refractivity contribution in [1.82, 2.24) is 10.3 Å². The van der Waals surface area contributed by atoms with E-state index in [0.29, 0.717) is 30.6 Å². The van der Waals surface area contributed by atoms with Crippen molar-refractivity contribution in [3.05, 3.63) is 58.7 Å². The van der Waals surface area contributed by atoms with Crippen LogP contribution < -0.4 is 14.8 Å². The Bertz CT molecular complexity index is 1380. The third-order valence-electron chi connectivity index (χ3n) is 11.3. The molecule has 3 fully saturated rings. The molecule has 2 aliphatic carbocycles. The second kappa shape index (κ2) is 9.75. The summed E-state index contributed by atoms with van der Waals surface area (Å²) in [6.45, 7) is 13.8. The highest BCUT2D eigenvalue weighted by atomic mass is 16.5. The highest BCUT2D eigenvalue weighted by Gasteiger charge is 2.67. The first kappa shape index (κ1) is 26.8. The van der Waals surface area contributed by atoms with Gasteiger partial charge in [-0.05, 0) is 49.7 Å². The molecule has 7 heteroatoms. The number of nitrogens with zero attached hydrogens (tertiary/aromatic N) is 2. The van der Waals surface area contributed by atoms with Crippen molar-refractivity contribution in [3.63, 3.8) is 0 Å². The van der Waals surface area contributed by atoms with Crippen LogP contribution in [0.15, 0.2) is 41.5 Å². The van der Waals surface area contributed by atoms with Crippen molar-refractivity contribution in [3.8, 4) is 11.5 Å². The van der Waals surface area contributed by atoms with Gasteiger partial charge in [-0.1, -0.05) is 58.0 Å². The summed E-state index contributed by atoms with van der Waals surface area (Å²) in [4.78, 5) is 12.9. The molecule has 0 aromatic heterocycles. The monoisotopic (exact) mass is 557 g/mol. The fourth-order valence-electron chi connectivity index (χ4n) is 8.65. The zero-order valence-electron chi connectivity index (χ0n) is 24.9. The number of fused-ring (bicyclic) bond motifs is 3. The zero-order valence-corrected chi connectivity index (χ0v) is 24.9. The lowest BCUT2D eigenvalue weighted by atomic mass is 9.44. The van der Waals surface area contributed by atoms with Crippen molar-refractivity contribution >= 4 is 11.6 Å². The van der Waals surface area contributed by atoms with Gasteiger partial charge in [0.05, 0.1) is 31.9 Å². The van der Waals surface area contributed by atoms with Crippen molar-refractivity contribution in [2.45, 2.75) is 78.6 Å². The minimum atomic E-state index is -0.331. The molecule has 0 radical (unpaired) electrons. The molecule has 218 valence electrons. The molecular weight excluding hydrogens is 514 g/mol. The number of benzene rings is 2. The third-order valence-corrected chi connectivity index (χ3v) is 11.3. The quantitative estimate of drug-likeness (QED) is 0.519. The molecule has 0 bridgehead atoms. The largest absolute Gasteiger partial charge is 0.488 e. The highest BCUT2D eigenvalue weighted by molar-refractivity contribution is 6.00. The minimum absolute atomic E-state index is 0.0423. The fourth-order valence-corrected chi connectivity index (χ4v) is 8.65. The van der Waals surface area contributed by atoms with Crippen LogP contribution in [0.2, 0.25) is 0 Å². The number of hydrazone groups is 1. The smallest absolute Gasteiger partial charge is 0.252 e. The van der Waals surface area contributed by atoms with Crippen molar-refractivity contribution in [2.75, 3.05) is 26.3 Å². The Hall–Kier alpha value is -3.06.